The summed E-state index contributed by atoms with van der Waals surface area (Å²) in [6.07, 6.45) is -1.47. The van der Waals surface area contributed by atoms with Gasteiger partial charge in [0, 0.05) is 40.5 Å². The quantitative estimate of drug-likeness (QED) is 0.0287. The Labute approximate surface area is 525 Å². The summed E-state index contributed by atoms with van der Waals surface area (Å²) in [5.74, 6) is -1.91. The van der Waals surface area contributed by atoms with Gasteiger partial charge in [0.05, 0.1) is 127 Å². The number of amides is 4. The van der Waals surface area contributed by atoms with E-state index in [9.17, 15) is 28.8 Å². The number of aliphatic imine (C=N–C) groups is 1. The molecule has 0 spiro atoms. The third-order valence-corrected chi connectivity index (χ3v) is 16.7. The molecule has 4 amide bonds. The number of likely N-dealkylation sites (tertiary alicyclic amines) is 1. The number of ether oxygens (including phenoxy) is 8. The largest absolute Gasteiger partial charge is 0.463 e. The molecule has 0 unspecified atom stereocenters. The first kappa shape index (κ1) is 68.9. The van der Waals surface area contributed by atoms with Crippen molar-refractivity contribution < 1.29 is 71.8 Å². The van der Waals surface area contributed by atoms with Gasteiger partial charge in [-0.3, -0.25) is 38.3 Å². The number of benzene rings is 2. The van der Waals surface area contributed by atoms with Gasteiger partial charge in [-0.25, -0.2) is 4.98 Å². The minimum atomic E-state index is -1.12. The molecule has 0 bridgehead atoms. The van der Waals surface area contributed by atoms with Crippen molar-refractivity contribution >= 4 is 75.6 Å². The Kier molecular flexibility index (Phi) is 26.9. The molecule has 1 fully saturated rings. The molecule has 5 heterocycles. The molecule has 1 saturated heterocycles. The molecule has 2 aromatic carbocycles. The molecule has 3 aromatic heterocycles. The van der Waals surface area contributed by atoms with E-state index in [2.05, 4.69) is 45.0 Å². The van der Waals surface area contributed by atoms with Gasteiger partial charge in [0.25, 0.3) is 0 Å². The van der Waals surface area contributed by atoms with Crippen LogP contribution < -0.4 is 16.0 Å². The molecule has 2 aliphatic rings. The molecule has 4 N–H and O–H groups in total. The SMILES string of the molecule is Cc1ncsc1-c1ccc(CNC(=O)[C@@H]2C[C@@H](OC(=O)CCC(=O)OCCOCCOCCOCCO)CN2C(=O)[C@@H](NC(=O)COCCOCCOCCNC(=O)C[C@@H]2N=C(c3ccc(Cl)cc3)c3c(sc(C)c3C)-n3c(C)nnc32)C(C)(C)C)cc1. The van der Waals surface area contributed by atoms with Gasteiger partial charge in [-0.05, 0) is 61.9 Å². The number of aryl methyl sites for hydroxylation is 3. The van der Waals surface area contributed by atoms with E-state index in [0.29, 0.717) is 36.5 Å². The number of aromatic nitrogens is 4. The molecule has 5 aromatic rings. The van der Waals surface area contributed by atoms with E-state index in [0.717, 1.165) is 54.0 Å². The Morgan fingerprint density at radius 2 is 1.38 bits per heavy atom. The zero-order chi connectivity index (χ0) is 63.2. The van der Waals surface area contributed by atoms with Crippen LogP contribution in [0.2, 0.25) is 5.02 Å². The highest BCUT2D eigenvalue weighted by atomic mass is 35.5. The Morgan fingerprint density at radius 1 is 0.750 bits per heavy atom. The number of rotatable bonds is 35. The molecule has 2 aliphatic heterocycles. The standard InChI is InChI=1S/C61H80ClN9O15S2/c1-38-40(3)88-60-53(38)54(43-12-14-45(62)15-13-43)66-47(57-69-68-41(4)71(57)60)33-49(73)63-18-20-79-22-24-82-28-29-84-36-50(74)67-56(61(5,6)7)59(78)70-35-46(86-52(76)17-16-51(75)85-31-30-83-27-26-81-25-23-80-21-19-72)32-48(70)58(77)64-34-42-8-10-44(11-9-42)55-39(2)65-37-87-55/h8-15,37,46-48,56,72H,16-36H2,1-7H3,(H,63,73)(H,64,77)(H,67,74)/t46-,47+,48+,56-/m1/s1. The summed E-state index contributed by atoms with van der Waals surface area (Å²) in [4.78, 5) is 94.0. The number of thiazole rings is 1. The van der Waals surface area contributed by atoms with E-state index in [4.69, 9.17) is 59.6 Å². The molecule has 24 nitrogen and oxygen atoms in total. The Morgan fingerprint density at radius 3 is 2.02 bits per heavy atom. The second kappa shape index (κ2) is 34.4. The molecule has 0 radical (unpaired) electrons. The average Bonchev–Trinajstić information content (AvgIpc) is 1.98. The fraction of sp³-hybridized carbons (Fsp3) is 0.541. The van der Waals surface area contributed by atoms with Gasteiger partial charge in [-0.2, -0.15) is 0 Å². The van der Waals surface area contributed by atoms with Crippen LogP contribution in [0.5, 0.6) is 0 Å². The van der Waals surface area contributed by atoms with Crippen LogP contribution in [0.15, 0.2) is 59.0 Å². The van der Waals surface area contributed by atoms with Gasteiger partial charge in [0.2, 0.25) is 23.6 Å². The maximum atomic E-state index is 14.6. The van der Waals surface area contributed by atoms with E-state index >= 15 is 0 Å². The number of thiophene rings is 1. The summed E-state index contributed by atoms with van der Waals surface area (Å²) in [5.41, 5.74) is 7.37. The highest BCUT2D eigenvalue weighted by Crippen LogP contribution is 2.40. The fourth-order valence-electron chi connectivity index (χ4n) is 9.64. The first-order valence-corrected chi connectivity index (χ1v) is 31.3. The highest BCUT2D eigenvalue weighted by Gasteiger charge is 2.46. The summed E-state index contributed by atoms with van der Waals surface area (Å²) in [5, 5.41) is 27.8. The van der Waals surface area contributed by atoms with Crippen molar-refractivity contribution in [3.05, 3.63) is 104 Å². The van der Waals surface area contributed by atoms with Crippen molar-refractivity contribution in [1.82, 2.24) is 40.6 Å². The summed E-state index contributed by atoms with van der Waals surface area (Å²) in [7, 11) is 0. The minimum Gasteiger partial charge on any atom is -0.463 e. The minimum absolute atomic E-state index is 0.0311. The van der Waals surface area contributed by atoms with E-state index < -0.39 is 59.3 Å². The molecule has 478 valence electrons. The molecule has 7 rings (SSSR count). The van der Waals surface area contributed by atoms with Gasteiger partial charge < -0.3 is 63.9 Å². The van der Waals surface area contributed by atoms with Crippen LogP contribution >= 0.6 is 34.3 Å². The lowest BCUT2D eigenvalue weighted by molar-refractivity contribution is -0.154. The van der Waals surface area contributed by atoms with Crippen molar-refractivity contribution in [3.63, 3.8) is 0 Å². The van der Waals surface area contributed by atoms with Crippen LogP contribution in [0.1, 0.15) is 97.0 Å². The number of carbonyl (C=O) groups excluding carboxylic acids is 6. The molecule has 0 saturated carbocycles. The van der Waals surface area contributed by atoms with Crippen LogP contribution in [0.4, 0.5) is 0 Å². The van der Waals surface area contributed by atoms with Gasteiger partial charge in [-0.15, -0.1) is 32.9 Å². The van der Waals surface area contributed by atoms with Crippen LogP contribution in [-0.4, -0.2) is 195 Å². The summed E-state index contributed by atoms with van der Waals surface area (Å²) in [6.45, 7) is 15.6. The van der Waals surface area contributed by atoms with Crippen molar-refractivity contribution in [1.29, 1.82) is 0 Å². The topological polar surface area (TPSA) is 292 Å². The molecule has 27 heteroatoms. The second-order valence-electron chi connectivity index (χ2n) is 21.9. The lowest BCUT2D eigenvalue weighted by Crippen LogP contribution is -2.58. The number of esters is 2. The van der Waals surface area contributed by atoms with Gasteiger partial charge in [-0.1, -0.05) is 68.8 Å². The summed E-state index contributed by atoms with van der Waals surface area (Å²) in [6, 6.07) is 12.4. The number of hydrogen-bond acceptors (Lipinski definition) is 21. The number of carbonyl (C=O) groups is 6. The molecule has 88 heavy (non-hydrogen) atoms. The lowest BCUT2D eigenvalue weighted by Gasteiger charge is -2.35. The summed E-state index contributed by atoms with van der Waals surface area (Å²) < 4.78 is 45.8. The predicted octanol–water partition coefficient (Wildman–Crippen LogP) is 5.51. The van der Waals surface area contributed by atoms with E-state index in [1.807, 2.05) is 66.9 Å². The first-order chi connectivity index (χ1) is 42.3. The highest BCUT2D eigenvalue weighted by molar-refractivity contribution is 7.15. The fourth-order valence-corrected chi connectivity index (χ4v) is 11.8. The average molecular weight is 1280 g/mol. The van der Waals surface area contributed by atoms with Crippen LogP contribution in [0.25, 0.3) is 15.4 Å². The normalized spacial score (nSPS) is 15.9. The Balaban J connectivity index is 0.831. The maximum absolute atomic E-state index is 14.6. The van der Waals surface area contributed by atoms with Crippen molar-refractivity contribution in [2.24, 2.45) is 10.4 Å². The maximum Gasteiger partial charge on any atom is 0.306 e. The molecular formula is C61H80ClN9O15S2. The van der Waals surface area contributed by atoms with Gasteiger partial charge in [0.15, 0.2) is 5.82 Å². The molecule has 0 aliphatic carbocycles. The van der Waals surface area contributed by atoms with E-state index in [-0.39, 0.29) is 124 Å². The third-order valence-electron chi connectivity index (χ3n) is 14.3. The Hall–Kier alpha value is -6.59. The molecule has 4 atom stereocenters. The first-order valence-electron chi connectivity index (χ1n) is 29.2. The summed E-state index contributed by atoms with van der Waals surface area (Å²) >= 11 is 9.42. The number of aliphatic hydroxyl groups is 1. The number of nitrogens with one attached hydrogen (secondary N) is 3. The van der Waals surface area contributed by atoms with E-state index in [1.54, 1.807) is 37.6 Å². The Bertz CT molecular complexity index is 3150. The number of nitrogens with zero attached hydrogens (tertiary/aromatic N) is 6. The predicted molar refractivity (Wildman–Crippen MR) is 329 cm³/mol. The zero-order valence-corrected chi connectivity index (χ0v) is 53.3. The van der Waals surface area contributed by atoms with Gasteiger partial charge in [0.1, 0.15) is 48.3 Å². The smallest absolute Gasteiger partial charge is 0.306 e. The van der Waals surface area contributed by atoms with E-state index in [1.165, 1.54) is 16.2 Å². The second-order valence-corrected chi connectivity index (χ2v) is 24.4. The number of aliphatic hydroxyl groups excluding tert-OH is 1. The van der Waals surface area contributed by atoms with Crippen molar-refractivity contribution in [2.75, 3.05) is 106 Å². The van der Waals surface area contributed by atoms with Crippen LogP contribution in [-0.2, 0) is 73.2 Å². The van der Waals surface area contributed by atoms with Crippen molar-refractivity contribution in [2.45, 2.75) is 105 Å². The van der Waals surface area contributed by atoms with Crippen LogP contribution in [0, 0.1) is 33.1 Å². The molecular weight excluding hydrogens is 1200 g/mol. The number of hydrogen-bond donors (Lipinski definition) is 4. The third kappa shape index (κ3) is 20.2. The monoisotopic (exact) mass is 1280 g/mol. The van der Waals surface area contributed by atoms with Crippen molar-refractivity contribution in [3.8, 4) is 15.4 Å². The number of halogens is 1. The number of fused-ring (bicyclic) bond motifs is 3. The van der Waals surface area contributed by atoms with Crippen LogP contribution in [0.3, 0.4) is 0 Å². The van der Waals surface area contributed by atoms with Gasteiger partial charge >= 0.3 is 11.9 Å². The lowest BCUT2D eigenvalue weighted by atomic mass is 9.85. The zero-order valence-electron chi connectivity index (χ0n) is 50.9.